The highest BCUT2D eigenvalue weighted by Gasteiger charge is 2.07. The Labute approximate surface area is 123 Å². The highest BCUT2D eigenvalue weighted by atomic mass is 16.2. The summed E-state index contributed by atoms with van der Waals surface area (Å²) in [6.45, 7) is 1.98. The molecule has 0 aliphatic carbocycles. The van der Waals surface area contributed by atoms with Gasteiger partial charge >= 0.3 is 0 Å². The van der Waals surface area contributed by atoms with Crippen molar-refractivity contribution in [1.29, 1.82) is 0 Å². The Hall–Kier alpha value is -2.82. The number of para-hydroxylation sites is 1. The highest BCUT2D eigenvalue weighted by molar-refractivity contribution is 5.96. The number of anilines is 2. The molecule has 2 amide bonds. The molecule has 0 heterocycles. The number of hydrogen-bond donors (Lipinski definition) is 3. The van der Waals surface area contributed by atoms with Crippen LogP contribution < -0.4 is 16.4 Å². The van der Waals surface area contributed by atoms with Crippen LogP contribution >= 0.6 is 0 Å². The van der Waals surface area contributed by atoms with Crippen LogP contribution in [0, 0.1) is 6.92 Å². The van der Waals surface area contributed by atoms with E-state index in [1.54, 1.807) is 18.2 Å². The van der Waals surface area contributed by atoms with E-state index in [0.717, 1.165) is 11.3 Å². The Bertz CT molecular complexity index is 654. The van der Waals surface area contributed by atoms with E-state index in [1.165, 1.54) is 0 Å². The highest BCUT2D eigenvalue weighted by Crippen LogP contribution is 2.16. The smallest absolute Gasteiger partial charge is 0.248 e. The zero-order valence-electron chi connectivity index (χ0n) is 11.7. The van der Waals surface area contributed by atoms with Crippen LogP contribution in [0.4, 0.5) is 11.4 Å². The maximum absolute atomic E-state index is 11.9. The molecule has 0 aliphatic heterocycles. The van der Waals surface area contributed by atoms with Gasteiger partial charge < -0.3 is 16.4 Å². The SMILES string of the molecule is Cc1cc(C(N)=O)ccc1NC(=O)CNc1ccccc1. The van der Waals surface area contributed by atoms with Crippen LogP contribution in [0.2, 0.25) is 0 Å². The average molecular weight is 283 g/mol. The first kappa shape index (κ1) is 14.6. The predicted octanol–water partition coefficient (Wildman–Crippen LogP) is 2.14. The van der Waals surface area contributed by atoms with Crippen LogP contribution in [-0.2, 0) is 4.79 Å². The fourth-order valence-corrected chi connectivity index (χ4v) is 1.89. The van der Waals surface area contributed by atoms with Crippen molar-refractivity contribution < 1.29 is 9.59 Å². The van der Waals surface area contributed by atoms with Crippen molar-refractivity contribution in [3.05, 3.63) is 59.7 Å². The van der Waals surface area contributed by atoms with E-state index in [-0.39, 0.29) is 12.5 Å². The molecule has 21 heavy (non-hydrogen) atoms. The third-order valence-corrected chi connectivity index (χ3v) is 3.01. The number of aryl methyl sites for hydroxylation is 1. The summed E-state index contributed by atoms with van der Waals surface area (Å²) in [4.78, 5) is 23.0. The van der Waals surface area contributed by atoms with Gasteiger partial charge in [0.25, 0.3) is 0 Å². The molecule has 108 valence electrons. The number of carbonyl (C=O) groups excluding carboxylic acids is 2. The molecule has 5 heteroatoms. The third-order valence-electron chi connectivity index (χ3n) is 3.01. The molecule has 0 aliphatic rings. The molecule has 0 radical (unpaired) electrons. The van der Waals surface area contributed by atoms with Crippen molar-refractivity contribution in [1.82, 2.24) is 0 Å². The van der Waals surface area contributed by atoms with Gasteiger partial charge in [-0.2, -0.15) is 0 Å². The zero-order valence-corrected chi connectivity index (χ0v) is 11.7. The van der Waals surface area contributed by atoms with Gasteiger partial charge in [-0.3, -0.25) is 9.59 Å². The lowest BCUT2D eigenvalue weighted by Crippen LogP contribution is -2.22. The molecule has 0 bridgehead atoms. The zero-order chi connectivity index (χ0) is 15.2. The van der Waals surface area contributed by atoms with Crippen molar-refractivity contribution in [3.63, 3.8) is 0 Å². The van der Waals surface area contributed by atoms with Crippen molar-refractivity contribution in [2.45, 2.75) is 6.92 Å². The fraction of sp³-hybridized carbons (Fsp3) is 0.125. The maximum atomic E-state index is 11.9. The van der Waals surface area contributed by atoms with Gasteiger partial charge in [-0.1, -0.05) is 18.2 Å². The van der Waals surface area contributed by atoms with Crippen LogP contribution in [0.1, 0.15) is 15.9 Å². The molecule has 2 aromatic rings. The van der Waals surface area contributed by atoms with Crippen molar-refractivity contribution >= 4 is 23.2 Å². The van der Waals surface area contributed by atoms with Gasteiger partial charge in [-0.15, -0.1) is 0 Å². The Kier molecular flexibility index (Phi) is 4.56. The van der Waals surface area contributed by atoms with Gasteiger partial charge in [0.05, 0.1) is 6.54 Å². The van der Waals surface area contributed by atoms with E-state index < -0.39 is 5.91 Å². The number of amides is 2. The molecule has 0 fully saturated rings. The first-order chi connectivity index (χ1) is 10.1. The maximum Gasteiger partial charge on any atom is 0.248 e. The van der Waals surface area contributed by atoms with Crippen molar-refractivity contribution in [3.8, 4) is 0 Å². The number of nitrogens with one attached hydrogen (secondary N) is 2. The fourth-order valence-electron chi connectivity index (χ4n) is 1.89. The molecule has 0 atom stereocenters. The van der Waals surface area contributed by atoms with Gasteiger partial charge in [-0.05, 0) is 42.8 Å². The van der Waals surface area contributed by atoms with Crippen LogP contribution in [0.25, 0.3) is 0 Å². The Morgan fingerprint density at radius 1 is 1.10 bits per heavy atom. The minimum absolute atomic E-state index is 0.159. The molecular formula is C16H17N3O2. The number of hydrogen-bond acceptors (Lipinski definition) is 3. The number of rotatable bonds is 5. The lowest BCUT2D eigenvalue weighted by molar-refractivity contribution is -0.114. The lowest BCUT2D eigenvalue weighted by atomic mass is 10.1. The largest absolute Gasteiger partial charge is 0.376 e. The van der Waals surface area contributed by atoms with Crippen molar-refractivity contribution in [2.75, 3.05) is 17.2 Å². The van der Waals surface area contributed by atoms with Gasteiger partial charge in [0.15, 0.2) is 0 Å². The van der Waals surface area contributed by atoms with Gasteiger partial charge in [-0.25, -0.2) is 0 Å². The van der Waals surface area contributed by atoms with E-state index in [9.17, 15) is 9.59 Å². The average Bonchev–Trinajstić information content (AvgIpc) is 2.48. The molecule has 5 nitrogen and oxygen atoms in total. The van der Waals surface area contributed by atoms with Crippen LogP contribution in [0.15, 0.2) is 48.5 Å². The van der Waals surface area contributed by atoms with Crippen molar-refractivity contribution in [2.24, 2.45) is 5.73 Å². The van der Waals surface area contributed by atoms with E-state index in [0.29, 0.717) is 11.3 Å². The molecule has 0 saturated heterocycles. The summed E-state index contributed by atoms with van der Waals surface area (Å²) < 4.78 is 0. The molecule has 2 aromatic carbocycles. The number of benzene rings is 2. The summed E-state index contributed by atoms with van der Waals surface area (Å²) in [7, 11) is 0. The van der Waals surface area contributed by atoms with Gasteiger partial charge in [0.1, 0.15) is 0 Å². The predicted molar refractivity (Wildman–Crippen MR) is 83.3 cm³/mol. The second-order valence-electron chi connectivity index (χ2n) is 4.66. The molecule has 0 spiro atoms. The molecule has 0 unspecified atom stereocenters. The monoisotopic (exact) mass is 283 g/mol. The standard InChI is InChI=1S/C16H17N3O2/c1-11-9-12(16(17)21)7-8-14(11)19-15(20)10-18-13-5-3-2-4-6-13/h2-9,18H,10H2,1H3,(H2,17,21)(H,19,20). The summed E-state index contributed by atoms with van der Waals surface area (Å²) in [6.07, 6.45) is 0. The van der Waals surface area contributed by atoms with Gasteiger partial charge in [0, 0.05) is 16.9 Å². The molecule has 0 aromatic heterocycles. The van der Waals surface area contributed by atoms with Crippen LogP contribution in [0.5, 0.6) is 0 Å². The third kappa shape index (κ3) is 4.07. The molecule has 2 rings (SSSR count). The summed E-state index contributed by atoms with van der Waals surface area (Å²) in [6, 6.07) is 14.4. The Morgan fingerprint density at radius 3 is 2.43 bits per heavy atom. The molecule has 0 saturated carbocycles. The van der Waals surface area contributed by atoms with E-state index in [4.69, 9.17) is 5.73 Å². The second kappa shape index (κ2) is 6.56. The number of carbonyl (C=O) groups is 2. The minimum Gasteiger partial charge on any atom is -0.376 e. The number of nitrogens with two attached hydrogens (primary N) is 1. The lowest BCUT2D eigenvalue weighted by Gasteiger charge is -2.10. The Morgan fingerprint density at radius 2 is 1.81 bits per heavy atom. The van der Waals surface area contributed by atoms with Crippen LogP contribution in [-0.4, -0.2) is 18.4 Å². The summed E-state index contributed by atoms with van der Waals surface area (Å²) >= 11 is 0. The van der Waals surface area contributed by atoms with E-state index >= 15 is 0 Å². The number of primary amides is 1. The normalized spacial score (nSPS) is 9.95. The summed E-state index contributed by atoms with van der Waals surface area (Å²) in [5.41, 5.74) is 7.97. The minimum atomic E-state index is -0.485. The Balaban J connectivity index is 1.95. The second-order valence-corrected chi connectivity index (χ2v) is 4.66. The van der Waals surface area contributed by atoms with E-state index in [2.05, 4.69) is 10.6 Å². The van der Waals surface area contributed by atoms with Gasteiger partial charge in [0.2, 0.25) is 11.8 Å². The molecular weight excluding hydrogens is 266 g/mol. The first-order valence-corrected chi connectivity index (χ1v) is 6.55. The van der Waals surface area contributed by atoms with E-state index in [1.807, 2.05) is 37.3 Å². The topological polar surface area (TPSA) is 84.2 Å². The van der Waals surface area contributed by atoms with Crippen LogP contribution in [0.3, 0.4) is 0 Å². The summed E-state index contributed by atoms with van der Waals surface area (Å²) in [5, 5.41) is 5.82. The molecule has 4 N–H and O–H groups in total. The first-order valence-electron chi connectivity index (χ1n) is 6.55. The summed E-state index contributed by atoms with van der Waals surface area (Å²) in [5.74, 6) is -0.643. The quantitative estimate of drug-likeness (QED) is 0.786.